The van der Waals surface area contributed by atoms with Gasteiger partial charge in [-0.25, -0.2) is 9.79 Å². The van der Waals surface area contributed by atoms with E-state index in [0.717, 1.165) is 24.0 Å². The first-order chi connectivity index (χ1) is 15.0. The average molecular weight is 610 g/mol. The minimum atomic E-state index is -0.466. The van der Waals surface area contributed by atoms with E-state index in [4.69, 9.17) is 14.2 Å². The molecule has 0 aliphatic carbocycles. The molecule has 3 aromatic rings. The van der Waals surface area contributed by atoms with Crippen molar-refractivity contribution in [1.82, 2.24) is 0 Å². The van der Waals surface area contributed by atoms with Crippen molar-refractivity contribution in [3.8, 4) is 11.5 Å². The van der Waals surface area contributed by atoms with Crippen LogP contribution < -0.4 is 9.47 Å². The molecule has 0 spiro atoms. The van der Waals surface area contributed by atoms with Gasteiger partial charge in [-0.1, -0.05) is 34.1 Å². The van der Waals surface area contributed by atoms with Crippen molar-refractivity contribution in [1.29, 1.82) is 0 Å². The van der Waals surface area contributed by atoms with Gasteiger partial charge in [0, 0.05) is 4.47 Å². The highest BCUT2D eigenvalue weighted by atomic mass is 127. The molecule has 0 N–H and O–H groups in total. The van der Waals surface area contributed by atoms with E-state index in [1.54, 1.807) is 6.08 Å². The molecule has 1 aliphatic heterocycles. The number of rotatable bonds is 7. The number of carbonyl (C=O) groups excluding carboxylic acids is 1. The number of esters is 1. The molecule has 1 aromatic heterocycles. The highest BCUT2D eigenvalue weighted by Gasteiger charge is 2.25. The molecule has 2 heterocycles. The molecule has 1 aliphatic rings. The fourth-order valence-corrected chi connectivity index (χ4v) is 4.58. The normalized spacial score (nSPS) is 14.5. The maximum absolute atomic E-state index is 12.3. The molecule has 2 aromatic carbocycles. The van der Waals surface area contributed by atoms with Gasteiger partial charge in [-0.05, 0) is 82.4 Å². The highest BCUT2D eigenvalue weighted by Crippen LogP contribution is 2.36. The Hall–Kier alpha value is -2.17. The Morgan fingerprint density at radius 3 is 2.71 bits per heavy atom. The monoisotopic (exact) mass is 609 g/mol. The van der Waals surface area contributed by atoms with Crippen molar-refractivity contribution in [2.75, 3.05) is 6.61 Å². The summed E-state index contributed by atoms with van der Waals surface area (Å²) in [5.41, 5.74) is 2.09. The van der Waals surface area contributed by atoms with Crippen LogP contribution in [0.3, 0.4) is 0 Å². The Labute approximate surface area is 206 Å². The molecule has 0 unspecified atom stereocenters. The van der Waals surface area contributed by atoms with Gasteiger partial charge in [0.15, 0.2) is 17.2 Å². The van der Waals surface area contributed by atoms with E-state index in [9.17, 15) is 4.79 Å². The van der Waals surface area contributed by atoms with Crippen LogP contribution >= 0.6 is 49.9 Å². The number of benzene rings is 2. The lowest BCUT2D eigenvalue weighted by Gasteiger charge is -2.15. The Balaban J connectivity index is 1.60. The zero-order valence-corrected chi connectivity index (χ0v) is 21.0. The molecule has 0 saturated heterocycles. The van der Waals surface area contributed by atoms with Crippen molar-refractivity contribution in [2.24, 2.45) is 4.99 Å². The summed E-state index contributed by atoms with van der Waals surface area (Å²) in [5, 5.41) is 1.91. The van der Waals surface area contributed by atoms with Gasteiger partial charge >= 0.3 is 5.97 Å². The van der Waals surface area contributed by atoms with Gasteiger partial charge in [0.2, 0.25) is 5.90 Å². The molecule has 5 nitrogen and oxygen atoms in total. The molecule has 0 bridgehead atoms. The van der Waals surface area contributed by atoms with Crippen molar-refractivity contribution in [2.45, 2.75) is 13.5 Å². The Morgan fingerprint density at radius 2 is 2.00 bits per heavy atom. The second-order valence-electron chi connectivity index (χ2n) is 6.49. The summed E-state index contributed by atoms with van der Waals surface area (Å²) in [7, 11) is 0. The van der Waals surface area contributed by atoms with E-state index in [1.165, 1.54) is 11.3 Å². The number of ether oxygens (including phenoxy) is 3. The smallest absolute Gasteiger partial charge is 0.363 e. The average Bonchev–Trinajstić information content (AvgIpc) is 3.39. The van der Waals surface area contributed by atoms with Crippen molar-refractivity contribution < 1.29 is 19.0 Å². The van der Waals surface area contributed by atoms with E-state index >= 15 is 0 Å². The fraction of sp³-hybridized carbons (Fsp3) is 0.130. The van der Waals surface area contributed by atoms with E-state index in [1.807, 2.05) is 60.8 Å². The molecule has 8 heteroatoms. The number of thiophene rings is 1. The van der Waals surface area contributed by atoms with E-state index in [-0.39, 0.29) is 5.70 Å². The standard InChI is InChI=1S/C23H17BrINO4S/c1-2-28-19-12-15(11-18-23(27)30-22(26-18)20-4-3-9-31-20)10-17(25)21(19)29-13-14-5-7-16(24)8-6-14/h3-12H,2,13H2,1H3/b18-11+. The van der Waals surface area contributed by atoms with Crippen LogP contribution in [-0.2, 0) is 16.1 Å². The Bertz CT molecular complexity index is 1160. The topological polar surface area (TPSA) is 57.1 Å². The molecule has 0 fully saturated rings. The first-order valence-electron chi connectivity index (χ1n) is 9.43. The Morgan fingerprint density at radius 1 is 1.19 bits per heavy atom. The summed E-state index contributed by atoms with van der Waals surface area (Å²) in [6.07, 6.45) is 1.70. The van der Waals surface area contributed by atoms with Gasteiger partial charge < -0.3 is 14.2 Å². The third kappa shape index (κ3) is 5.36. The molecule has 0 atom stereocenters. The summed E-state index contributed by atoms with van der Waals surface area (Å²) in [5.74, 6) is 1.16. The minimum Gasteiger partial charge on any atom is -0.490 e. The largest absolute Gasteiger partial charge is 0.490 e. The highest BCUT2D eigenvalue weighted by molar-refractivity contribution is 14.1. The maximum atomic E-state index is 12.3. The number of nitrogens with zero attached hydrogens (tertiary/aromatic N) is 1. The summed E-state index contributed by atoms with van der Waals surface area (Å²) in [6, 6.07) is 15.5. The molecule has 0 saturated carbocycles. The molecule has 0 amide bonds. The lowest BCUT2D eigenvalue weighted by molar-refractivity contribution is -0.129. The first kappa shape index (κ1) is 22.0. The van der Waals surface area contributed by atoms with Gasteiger partial charge in [-0.15, -0.1) is 11.3 Å². The minimum absolute atomic E-state index is 0.255. The summed E-state index contributed by atoms with van der Waals surface area (Å²) >= 11 is 7.12. The zero-order chi connectivity index (χ0) is 21.8. The lowest BCUT2D eigenvalue weighted by atomic mass is 10.1. The fourth-order valence-electron chi connectivity index (χ4n) is 2.88. The van der Waals surface area contributed by atoms with Crippen LogP contribution in [-0.4, -0.2) is 18.5 Å². The molecule has 31 heavy (non-hydrogen) atoms. The zero-order valence-electron chi connectivity index (χ0n) is 16.4. The third-order valence-electron chi connectivity index (χ3n) is 4.28. The van der Waals surface area contributed by atoms with Crippen molar-refractivity contribution in [3.63, 3.8) is 0 Å². The summed E-state index contributed by atoms with van der Waals surface area (Å²) in [6.45, 7) is 2.83. The van der Waals surface area contributed by atoms with Crippen LogP contribution in [0.25, 0.3) is 6.08 Å². The van der Waals surface area contributed by atoms with Crippen LogP contribution in [0.5, 0.6) is 11.5 Å². The first-order valence-corrected chi connectivity index (χ1v) is 12.2. The van der Waals surface area contributed by atoms with Gasteiger partial charge in [0.1, 0.15) is 6.61 Å². The predicted molar refractivity (Wildman–Crippen MR) is 134 cm³/mol. The number of hydrogen-bond acceptors (Lipinski definition) is 6. The van der Waals surface area contributed by atoms with Gasteiger partial charge in [-0.3, -0.25) is 0 Å². The van der Waals surface area contributed by atoms with E-state index in [0.29, 0.717) is 30.6 Å². The van der Waals surface area contributed by atoms with Crippen LogP contribution in [0.2, 0.25) is 0 Å². The summed E-state index contributed by atoms with van der Waals surface area (Å²) < 4.78 is 19.1. The molecule has 4 rings (SSSR count). The van der Waals surface area contributed by atoms with E-state index in [2.05, 4.69) is 43.5 Å². The van der Waals surface area contributed by atoms with Crippen LogP contribution in [0.1, 0.15) is 22.9 Å². The number of hydrogen-bond donors (Lipinski definition) is 0. The van der Waals surface area contributed by atoms with Crippen LogP contribution in [0.15, 0.2) is 69.1 Å². The van der Waals surface area contributed by atoms with Gasteiger partial charge in [0.25, 0.3) is 0 Å². The van der Waals surface area contributed by atoms with E-state index < -0.39 is 5.97 Å². The lowest BCUT2D eigenvalue weighted by Crippen LogP contribution is -2.04. The van der Waals surface area contributed by atoms with Crippen LogP contribution in [0, 0.1) is 3.57 Å². The summed E-state index contributed by atoms with van der Waals surface area (Å²) in [4.78, 5) is 17.4. The van der Waals surface area contributed by atoms with Gasteiger partial charge in [0.05, 0.1) is 15.1 Å². The second kappa shape index (κ2) is 9.97. The molecule has 158 valence electrons. The van der Waals surface area contributed by atoms with Crippen molar-refractivity contribution >= 4 is 67.8 Å². The maximum Gasteiger partial charge on any atom is 0.363 e. The SMILES string of the molecule is CCOc1cc(/C=C2/N=C(c3cccs3)OC2=O)cc(I)c1OCc1ccc(Br)cc1. The van der Waals surface area contributed by atoms with Crippen LogP contribution in [0.4, 0.5) is 0 Å². The van der Waals surface area contributed by atoms with Gasteiger partial charge in [-0.2, -0.15) is 0 Å². The Kier molecular flexibility index (Phi) is 7.09. The quantitative estimate of drug-likeness (QED) is 0.176. The molecular formula is C23H17BrINO4S. The number of halogens is 2. The van der Waals surface area contributed by atoms with Crippen molar-refractivity contribution in [3.05, 3.63) is 83.7 Å². The predicted octanol–water partition coefficient (Wildman–Crippen LogP) is 6.44. The third-order valence-corrected chi connectivity index (χ3v) is 6.47. The second-order valence-corrected chi connectivity index (χ2v) is 9.52. The molecule has 0 radical (unpaired) electrons. The number of aliphatic imine (C=N–C) groups is 1. The molecular weight excluding hydrogens is 593 g/mol. The number of carbonyl (C=O) groups is 1. The number of cyclic esters (lactones) is 1.